The van der Waals surface area contributed by atoms with Crippen molar-refractivity contribution in [1.82, 2.24) is 19.7 Å². The highest BCUT2D eigenvalue weighted by atomic mass is 32.2. The number of hydrogen-bond acceptors (Lipinski definition) is 6. The van der Waals surface area contributed by atoms with E-state index >= 15 is 0 Å². The minimum absolute atomic E-state index is 0.0428. The number of nitrogens with one attached hydrogen (secondary N) is 1. The van der Waals surface area contributed by atoms with Gasteiger partial charge in [0.1, 0.15) is 5.82 Å². The average Bonchev–Trinajstić information content (AvgIpc) is 3.17. The number of amides is 1. The molecule has 0 bridgehead atoms. The molecule has 1 aromatic carbocycles. The van der Waals surface area contributed by atoms with Gasteiger partial charge in [-0.2, -0.15) is 5.10 Å². The number of hydrogen-bond donors (Lipinski definition) is 1. The van der Waals surface area contributed by atoms with Gasteiger partial charge in [-0.25, -0.2) is 23.1 Å². The van der Waals surface area contributed by atoms with Crippen molar-refractivity contribution >= 4 is 32.6 Å². The van der Waals surface area contributed by atoms with Crippen LogP contribution in [0.4, 0.5) is 5.82 Å². The molecule has 0 spiro atoms. The van der Waals surface area contributed by atoms with Gasteiger partial charge in [0.15, 0.2) is 9.84 Å². The maximum Gasteiger partial charge on any atom is 0.256 e. The highest BCUT2D eigenvalue weighted by Crippen LogP contribution is 2.27. The first kappa shape index (κ1) is 18.5. The molecule has 1 N–H and O–H groups in total. The van der Waals surface area contributed by atoms with Crippen LogP contribution >= 0.6 is 0 Å². The summed E-state index contributed by atoms with van der Waals surface area (Å²) in [5.41, 5.74) is 4.24. The smallest absolute Gasteiger partial charge is 0.256 e. The first-order chi connectivity index (χ1) is 13.2. The second-order valence-corrected chi connectivity index (χ2v) is 9.45. The fourth-order valence-electron chi connectivity index (χ4n) is 3.42. The molecule has 2 aromatic heterocycles. The number of nitrogens with zero attached hydrogens (tertiary/aromatic N) is 4. The first-order valence-corrected chi connectivity index (χ1v) is 10.9. The second kappa shape index (κ2) is 6.66. The molecule has 146 valence electrons. The van der Waals surface area contributed by atoms with E-state index in [9.17, 15) is 13.2 Å². The minimum Gasteiger partial charge on any atom is -0.307 e. The van der Waals surface area contributed by atoms with Crippen molar-refractivity contribution in [3.05, 3.63) is 46.9 Å². The van der Waals surface area contributed by atoms with Gasteiger partial charge in [0, 0.05) is 11.6 Å². The van der Waals surface area contributed by atoms with Crippen molar-refractivity contribution < 1.29 is 13.2 Å². The van der Waals surface area contributed by atoms with Crippen LogP contribution in [0.1, 0.15) is 39.9 Å². The largest absolute Gasteiger partial charge is 0.307 e. The molecule has 1 saturated heterocycles. The summed E-state index contributed by atoms with van der Waals surface area (Å²) in [4.78, 5) is 21.8. The third-order valence-electron chi connectivity index (χ3n) is 4.99. The summed E-state index contributed by atoms with van der Waals surface area (Å²) in [6.45, 7) is 5.59. The molecule has 1 amide bonds. The molecule has 3 heterocycles. The van der Waals surface area contributed by atoms with Crippen molar-refractivity contribution in [3.63, 3.8) is 0 Å². The van der Waals surface area contributed by atoms with E-state index in [1.807, 2.05) is 20.8 Å². The molecule has 1 atom stereocenters. The molecule has 0 aliphatic carbocycles. The molecule has 0 radical (unpaired) electrons. The van der Waals surface area contributed by atoms with Crippen LogP contribution in [0.3, 0.4) is 0 Å². The van der Waals surface area contributed by atoms with E-state index in [1.54, 1.807) is 28.9 Å². The van der Waals surface area contributed by atoms with E-state index in [1.165, 1.54) is 0 Å². The summed E-state index contributed by atoms with van der Waals surface area (Å²) in [5.74, 6) is 0.382. The van der Waals surface area contributed by atoms with Crippen LogP contribution in [-0.4, -0.2) is 45.6 Å². The van der Waals surface area contributed by atoms with Crippen LogP contribution < -0.4 is 5.32 Å². The molecule has 3 aromatic rings. The van der Waals surface area contributed by atoms with Gasteiger partial charge in [0.2, 0.25) is 0 Å². The summed E-state index contributed by atoms with van der Waals surface area (Å²) in [6.07, 6.45) is 0.497. The fraction of sp³-hybridized carbons (Fsp3) is 0.368. The van der Waals surface area contributed by atoms with Gasteiger partial charge in [0.25, 0.3) is 5.91 Å². The summed E-state index contributed by atoms with van der Waals surface area (Å²) >= 11 is 0. The maximum atomic E-state index is 12.8. The summed E-state index contributed by atoms with van der Waals surface area (Å²) in [7, 11) is -3.05. The van der Waals surface area contributed by atoms with Crippen LogP contribution in [0, 0.1) is 20.8 Å². The Bertz CT molecular complexity index is 1200. The van der Waals surface area contributed by atoms with Crippen molar-refractivity contribution in [2.45, 2.75) is 33.2 Å². The Labute approximate surface area is 162 Å². The van der Waals surface area contributed by atoms with Gasteiger partial charge in [-0.05, 0) is 45.4 Å². The zero-order valence-corrected chi connectivity index (χ0v) is 16.7. The Hall–Kier alpha value is -2.81. The summed E-state index contributed by atoms with van der Waals surface area (Å²) in [6, 6.07) is 6.67. The van der Waals surface area contributed by atoms with Crippen molar-refractivity contribution in [3.8, 4) is 0 Å². The molecule has 9 heteroatoms. The average molecular weight is 399 g/mol. The number of benzene rings is 1. The van der Waals surface area contributed by atoms with Crippen molar-refractivity contribution in [2.24, 2.45) is 0 Å². The molecular weight excluding hydrogens is 378 g/mol. The lowest BCUT2D eigenvalue weighted by Gasteiger charge is -2.14. The van der Waals surface area contributed by atoms with Crippen molar-refractivity contribution in [1.29, 1.82) is 0 Å². The Morgan fingerprint density at radius 3 is 2.50 bits per heavy atom. The Morgan fingerprint density at radius 1 is 1.11 bits per heavy atom. The normalized spacial score (nSPS) is 18.5. The topological polar surface area (TPSA) is 107 Å². The van der Waals surface area contributed by atoms with Crippen LogP contribution in [-0.2, 0) is 9.84 Å². The number of fused-ring (bicyclic) bond motifs is 1. The van der Waals surface area contributed by atoms with E-state index < -0.39 is 9.84 Å². The van der Waals surface area contributed by atoms with Crippen molar-refractivity contribution in [2.75, 3.05) is 16.8 Å². The molecule has 0 saturated carbocycles. The number of anilines is 1. The lowest BCUT2D eigenvalue weighted by atomic mass is 10.1. The number of carbonyl (C=O) groups is 1. The van der Waals surface area contributed by atoms with Gasteiger partial charge in [-0.1, -0.05) is 0 Å². The molecule has 8 nitrogen and oxygen atoms in total. The zero-order valence-electron chi connectivity index (χ0n) is 15.9. The van der Waals surface area contributed by atoms with Crippen LogP contribution in [0.25, 0.3) is 11.0 Å². The standard InChI is InChI=1S/C19H21N5O3S/c1-11-8-18(24(23-11)15-6-7-28(26,27)10-15)22-19(25)14-4-5-16-17(9-14)21-13(3)12(2)20-16/h4-5,8-9,15H,6-7,10H2,1-3H3,(H,22,25)/t15-/m1/s1. The van der Waals surface area contributed by atoms with E-state index in [-0.39, 0.29) is 23.5 Å². The third kappa shape index (κ3) is 3.49. The molecule has 1 aliphatic heterocycles. The number of aromatic nitrogens is 4. The highest BCUT2D eigenvalue weighted by Gasteiger charge is 2.31. The SMILES string of the molecule is Cc1cc(NC(=O)c2ccc3nc(C)c(C)nc3c2)n([C@@H]2CCS(=O)(=O)C2)n1. The lowest BCUT2D eigenvalue weighted by Crippen LogP contribution is -2.19. The lowest BCUT2D eigenvalue weighted by molar-refractivity contribution is 0.102. The monoisotopic (exact) mass is 399 g/mol. The predicted molar refractivity (Wildman–Crippen MR) is 106 cm³/mol. The Morgan fingerprint density at radius 2 is 1.82 bits per heavy atom. The van der Waals surface area contributed by atoms with Crippen LogP contribution in [0.2, 0.25) is 0 Å². The van der Waals surface area contributed by atoms with E-state index in [0.29, 0.717) is 23.3 Å². The van der Waals surface area contributed by atoms with Gasteiger partial charge in [-0.3, -0.25) is 4.79 Å². The summed E-state index contributed by atoms with van der Waals surface area (Å²) in [5, 5.41) is 7.25. The van der Waals surface area contributed by atoms with E-state index in [0.717, 1.165) is 22.6 Å². The number of aryl methyl sites for hydroxylation is 3. The predicted octanol–water partition coefficient (Wildman–Crippen LogP) is 2.36. The molecular formula is C19H21N5O3S. The first-order valence-electron chi connectivity index (χ1n) is 9.05. The van der Waals surface area contributed by atoms with Gasteiger partial charge < -0.3 is 5.32 Å². The number of sulfone groups is 1. The minimum atomic E-state index is -3.05. The van der Waals surface area contributed by atoms with Crippen LogP contribution in [0.5, 0.6) is 0 Å². The van der Waals surface area contributed by atoms with E-state index in [4.69, 9.17) is 0 Å². The highest BCUT2D eigenvalue weighted by molar-refractivity contribution is 7.91. The Kier molecular flexibility index (Phi) is 4.41. The molecule has 28 heavy (non-hydrogen) atoms. The van der Waals surface area contributed by atoms with Gasteiger partial charge >= 0.3 is 0 Å². The quantitative estimate of drug-likeness (QED) is 0.725. The molecule has 0 unspecified atom stereocenters. The zero-order chi connectivity index (χ0) is 20.1. The maximum absolute atomic E-state index is 12.8. The Balaban J connectivity index is 1.62. The summed E-state index contributed by atoms with van der Waals surface area (Å²) < 4.78 is 25.2. The number of carbonyl (C=O) groups excluding carboxylic acids is 1. The van der Waals surface area contributed by atoms with E-state index in [2.05, 4.69) is 20.4 Å². The van der Waals surface area contributed by atoms with Gasteiger partial charge in [-0.15, -0.1) is 0 Å². The van der Waals surface area contributed by atoms with Crippen LogP contribution in [0.15, 0.2) is 24.3 Å². The fourth-order valence-corrected chi connectivity index (χ4v) is 5.11. The molecule has 1 fully saturated rings. The number of rotatable bonds is 3. The second-order valence-electron chi connectivity index (χ2n) is 7.22. The van der Waals surface area contributed by atoms with Gasteiger partial charge in [0.05, 0.1) is 45.7 Å². The molecule has 4 rings (SSSR count). The third-order valence-corrected chi connectivity index (χ3v) is 6.74. The molecule has 1 aliphatic rings.